The van der Waals surface area contributed by atoms with Gasteiger partial charge in [-0.2, -0.15) is 0 Å². The molecule has 4 aromatic rings. The van der Waals surface area contributed by atoms with Crippen LogP contribution in [-0.2, 0) is 4.74 Å². The molecule has 0 saturated carbocycles. The molecule has 0 fully saturated rings. The van der Waals surface area contributed by atoms with E-state index in [-0.39, 0.29) is 11.7 Å². The van der Waals surface area contributed by atoms with Gasteiger partial charge >= 0.3 is 5.97 Å². The van der Waals surface area contributed by atoms with Crippen molar-refractivity contribution in [1.29, 1.82) is 0 Å². The van der Waals surface area contributed by atoms with E-state index in [4.69, 9.17) is 4.74 Å². The number of carbonyl (C=O) groups is 2. The number of hydrogen-bond donors (Lipinski definition) is 1. The first-order valence-electron chi connectivity index (χ1n) is 9.80. The van der Waals surface area contributed by atoms with Crippen molar-refractivity contribution in [3.05, 3.63) is 89.5 Å². The second kappa shape index (κ2) is 8.39. The predicted octanol–water partition coefficient (Wildman–Crippen LogP) is 4.90. The van der Waals surface area contributed by atoms with E-state index < -0.39 is 5.97 Å². The summed E-state index contributed by atoms with van der Waals surface area (Å²) >= 11 is 0. The summed E-state index contributed by atoms with van der Waals surface area (Å²) in [7, 11) is 0. The smallest absolute Gasteiger partial charge is 0.338 e. The molecule has 0 atom stereocenters. The maximum atomic E-state index is 13.3. The summed E-state index contributed by atoms with van der Waals surface area (Å²) in [4.78, 5) is 29.1. The van der Waals surface area contributed by atoms with Gasteiger partial charge in [0.1, 0.15) is 11.6 Å². The van der Waals surface area contributed by atoms with Gasteiger partial charge in [-0.05, 0) is 80.6 Å². The number of rotatable bonds is 5. The zero-order valence-corrected chi connectivity index (χ0v) is 17.1. The van der Waals surface area contributed by atoms with Gasteiger partial charge in [0.25, 0.3) is 5.91 Å². The highest BCUT2D eigenvalue weighted by molar-refractivity contribution is 6.06. The Labute approximate surface area is 178 Å². The zero-order valence-electron chi connectivity index (χ0n) is 17.1. The average molecular weight is 417 g/mol. The quantitative estimate of drug-likeness (QED) is 0.469. The Morgan fingerprint density at radius 1 is 1.00 bits per heavy atom. The first-order valence-corrected chi connectivity index (χ1v) is 9.80. The molecule has 0 radical (unpaired) electrons. The van der Waals surface area contributed by atoms with Crippen LogP contribution in [0.4, 0.5) is 10.1 Å². The number of halogens is 1. The topological polar surface area (TPSA) is 73.2 Å². The second-order valence-electron chi connectivity index (χ2n) is 6.93. The maximum absolute atomic E-state index is 13.3. The van der Waals surface area contributed by atoms with Crippen molar-refractivity contribution in [2.75, 3.05) is 11.9 Å². The minimum Gasteiger partial charge on any atom is -0.462 e. The summed E-state index contributed by atoms with van der Waals surface area (Å²) in [6.45, 7) is 3.90. The van der Waals surface area contributed by atoms with Gasteiger partial charge in [-0.15, -0.1) is 0 Å². The second-order valence-corrected chi connectivity index (χ2v) is 6.93. The van der Waals surface area contributed by atoms with Crippen molar-refractivity contribution in [2.45, 2.75) is 13.8 Å². The van der Waals surface area contributed by atoms with E-state index in [0.29, 0.717) is 23.4 Å². The number of imidazole rings is 1. The number of nitrogens with one attached hydrogen (secondary N) is 1. The molecule has 0 aliphatic heterocycles. The number of nitrogens with zero attached hydrogens (tertiary/aromatic N) is 2. The Balaban J connectivity index is 1.61. The van der Waals surface area contributed by atoms with Crippen LogP contribution in [0, 0.1) is 12.7 Å². The number of fused-ring (bicyclic) bond motifs is 1. The van der Waals surface area contributed by atoms with E-state index in [1.165, 1.54) is 12.1 Å². The summed E-state index contributed by atoms with van der Waals surface area (Å²) in [5.74, 6) is -0.292. The summed E-state index contributed by atoms with van der Waals surface area (Å²) < 4.78 is 20.2. The van der Waals surface area contributed by atoms with Crippen molar-refractivity contribution < 1.29 is 18.7 Å². The number of carbonyl (C=O) groups excluding carboxylic acids is 2. The highest BCUT2D eigenvalue weighted by atomic mass is 19.1. The fourth-order valence-corrected chi connectivity index (χ4v) is 3.36. The molecule has 0 spiro atoms. The molecule has 3 aromatic carbocycles. The number of aryl methyl sites for hydroxylation is 1. The first-order chi connectivity index (χ1) is 15.0. The van der Waals surface area contributed by atoms with Gasteiger partial charge in [-0.25, -0.2) is 14.2 Å². The Bertz CT molecular complexity index is 1260. The molecule has 1 N–H and O–H groups in total. The van der Waals surface area contributed by atoms with Crippen LogP contribution in [0.25, 0.3) is 16.7 Å². The van der Waals surface area contributed by atoms with Crippen LogP contribution in [0.1, 0.15) is 33.5 Å². The van der Waals surface area contributed by atoms with Crippen LogP contribution >= 0.6 is 0 Å². The number of amides is 1. The molecule has 0 saturated heterocycles. The van der Waals surface area contributed by atoms with Crippen molar-refractivity contribution in [3.8, 4) is 5.69 Å². The van der Waals surface area contributed by atoms with E-state index in [2.05, 4.69) is 10.3 Å². The molecular weight excluding hydrogens is 397 g/mol. The lowest BCUT2D eigenvalue weighted by Gasteiger charge is -2.09. The van der Waals surface area contributed by atoms with Crippen LogP contribution in [0.5, 0.6) is 0 Å². The van der Waals surface area contributed by atoms with Crippen molar-refractivity contribution in [3.63, 3.8) is 0 Å². The third-order valence-corrected chi connectivity index (χ3v) is 4.82. The largest absolute Gasteiger partial charge is 0.462 e. The molecule has 0 aliphatic carbocycles. The van der Waals surface area contributed by atoms with E-state index in [1.54, 1.807) is 61.5 Å². The van der Waals surface area contributed by atoms with Gasteiger partial charge in [0.15, 0.2) is 0 Å². The van der Waals surface area contributed by atoms with Crippen LogP contribution in [-0.4, -0.2) is 28.0 Å². The fraction of sp³-hybridized carbons (Fsp3) is 0.125. The summed E-state index contributed by atoms with van der Waals surface area (Å²) in [6.07, 6.45) is 0. The monoisotopic (exact) mass is 417 g/mol. The molecule has 0 aliphatic rings. The molecule has 0 unspecified atom stereocenters. The van der Waals surface area contributed by atoms with Gasteiger partial charge in [-0.1, -0.05) is 0 Å². The number of ether oxygens (including phenoxy) is 1. The molecule has 1 aromatic heterocycles. The first kappa shape index (κ1) is 20.3. The minimum atomic E-state index is -0.407. The van der Waals surface area contributed by atoms with Crippen LogP contribution in [0.15, 0.2) is 66.7 Å². The molecule has 1 amide bonds. The third kappa shape index (κ3) is 4.16. The lowest BCUT2D eigenvalue weighted by molar-refractivity contribution is 0.0526. The zero-order chi connectivity index (χ0) is 22.0. The minimum absolute atomic E-state index is 0.296. The average Bonchev–Trinajstić information content (AvgIpc) is 3.10. The molecule has 0 bridgehead atoms. The molecule has 4 rings (SSSR count). The molecule has 31 heavy (non-hydrogen) atoms. The number of benzene rings is 3. The standard InChI is InChI=1S/C24H20FN3O3/c1-3-31-24(30)16-4-9-19(10-5-16)27-23(29)17-6-13-21-22(14-17)28(15(2)26-21)20-11-7-18(25)8-12-20/h4-14H,3H2,1-2H3,(H,27,29). The molecule has 7 heteroatoms. The fourth-order valence-electron chi connectivity index (χ4n) is 3.36. The highest BCUT2D eigenvalue weighted by Gasteiger charge is 2.14. The Hall–Kier alpha value is -4.00. The van der Waals surface area contributed by atoms with E-state index >= 15 is 0 Å². The molecular formula is C24H20FN3O3. The van der Waals surface area contributed by atoms with Crippen LogP contribution in [0.2, 0.25) is 0 Å². The Kier molecular flexibility index (Phi) is 5.49. The SMILES string of the molecule is CCOC(=O)c1ccc(NC(=O)c2ccc3nc(C)n(-c4ccc(F)cc4)c3c2)cc1. The molecule has 1 heterocycles. The van der Waals surface area contributed by atoms with E-state index in [1.807, 2.05) is 11.5 Å². The van der Waals surface area contributed by atoms with Crippen LogP contribution in [0.3, 0.4) is 0 Å². The molecule has 6 nitrogen and oxygen atoms in total. The highest BCUT2D eigenvalue weighted by Crippen LogP contribution is 2.23. The van der Waals surface area contributed by atoms with E-state index in [0.717, 1.165) is 22.5 Å². The lowest BCUT2D eigenvalue weighted by atomic mass is 10.1. The summed E-state index contributed by atoms with van der Waals surface area (Å²) in [5, 5.41) is 2.82. The van der Waals surface area contributed by atoms with Gasteiger partial charge in [0.2, 0.25) is 0 Å². The number of hydrogen-bond acceptors (Lipinski definition) is 4. The number of esters is 1. The maximum Gasteiger partial charge on any atom is 0.338 e. The van der Waals surface area contributed by atoms with Crippen molar-refractivity contribution >= 4 is 28.6 Å². The van der Waals surface area contributed by atoms with Gasteiger partial charge in [0, 0.05) is 16.9 Å². The van der Waals surface area contributed by atoms with E-state index in [9.17, 15) is 14.0 Å². The third-order valence-electron chi connectivity index (χ3n) is 4.82. The van der Waals surface area contributed by atoms with Gasteiger partial charge in [0.05, 0.1) is 23.2 Å². The molecule has 156 valence electrons. The van der Waals surface area contributed by atoms with Crippen molar-refractivity contribution in [1.82, 2.24) is 9.55 Å². The van der Waals surface area contributed by atoms with Crippen LogP contribution < -0.4 is 5.32 Å². The normalized spacial score (nSPS) is 10.8. The Morgan fingerprint density at radius 3 is 2.35 bits per heavy atom. The summed E-state index contributed by atoms with van der Waals surface area (Å²) in [6, 6.07) is 17.8. The lowest BCUT2D eigenvalue weighted by Crippen LogP contribution is -2.12. The summed E-state index contributed by atoms with van der Waals surface area (Å²) in [5.41, 5.74) is 3.66. The Morgan fingerprint density at radius 2 is 1.68 bits per heavy atom. The number of anilines is 1. The number of aromatic nitrogens is 2. The van der Waals surface area contributed by atoms with Gasteiger partial charge in [-0.3, -0.25) is 9.36 Å². The van der Waals surface area contributed by atoms with Crippen molar-refractivity contribution in [2.24, 2.45) is 0 Å². The predicted molar refractivity (Wildman–Crippen MR) is 116 cm³/mol. The van der Waals surface area contributed by atoms with Gasteiger partial charge < -0.3 is 10.1 Å².